The molecule has 0 fully saturated rings. The number of carbonyl (C=O) groups is 2. The normalized spacial score (nSPS) is 12.4. The monoisotopic (exact) mass is 391 g/mol. The van der Waals surface area contributed by atoms with E-state index in [4.69, 9.17) is 4.74 Å². The lowest BCUT2D eigenvalue weighted by Crippen LogP contribution is -2.45. The third kappa shape index (κ3) is 6.05. The van der Waals surface area contributed by atoms with E-state index < -0.39 is 35.3 Å². The lowest BCUT2D eigenvalue weighted by atomic mass is 10.1. The molecule has 0 aliphatic carbocycles. The summed E-state index contributed by atoms with van der Waals surface area (Å²) in [5.41, 5.74) is -0.336. The highest BCUT2D eigenvalue weighted by molar-refractivity contribution is 9.10. The third-order valence-corrected chi connectivity index (χ3v) is 3.30. The summed E-state index contributed by atoms with van der Waals surface area (Å²) in [6, 6.07) is 1.48. The summed E-state index contributed by atoms with van der Waals surface area (Å²) in [6.07, 6.45) is -0.812. The van der Waals surface area contributed by atoms with Crippen LogP contribution in [0.15, 0.2) is 16.6 Å². The summed E-state index contributed by atoms with van der Waals surface area (Å²) in [5, 5.41) is 11.8. The first-order valence-electron chi connectivity index (χ1n) is 6.77. The molecule has 0 aliphatic rings. The van der Waals surface area contributed by atoms with E-state index in [2.05, 4.69) is 26.0 Å². The smallest absolute Gasteiger partial charge is 0.408 e. The number of hydrogen-bond acceptors (Lipinski definition) is 5. The molecule has 0 spiro atoms. The van der Waals surface area contributed by atoms with Crippen LogP contribution in [0, 0.1) is 5.82 Å². The first-order chi connectivity index (χ1) is 10.5. The second-order valence-corrected chi connectivity index (χ2v) is 6.69. The number of rotatable bonds is 4. The maximum atomic E-state index is 13.6. The molecule has 0 aliphatic heterocycles. The Kier molecular flexibility index (Phi) is 6.37. The molecule has 1 aromatic rings. The zero-order chi connectivity index (χ0) is 17.8. The van der Waals surface area contributed by atoms with Crippen LogP contribution in [-0.2, 0) is 20.7 Å². The van der Waals surface area contributed by atoms with Crippen molar-refractivity contribution in [2.75, 3.05) is 7.11 Å². The van der Waals surface area contributed by atoms with Crippen LogP contribution < -0.4 is 5.32 Å². The highest BCUT2D eigenvalue weighted by Gasteiger charge is 2.26. The number of amides is 1. The summed E-state index contributed by atoms with van der Waals surface area (Å²) in [7, 11) is 1.18. The molecule has 0 heterocycles. The van der Waals surface area contributed by atoms with Gasteiger partial charge in [-0.05, 0) is 54.4 Å². The molecule has 0 aromatic heterocycles. The number of benzene rings is 1. The van der Waals surface area contributed by atoms with Crippen LogP contribution in [0.4, 0.5) is 9.18 Å². The van der Waals surface area contributed by atoms with Gasteiger partial charge in [0.2, 0.25) is 0 Å². The van der Waals surface area contributed by atoms with Gasteiger partial charge in [0.05, 0.1) is 11.6 Å². The van der Waals surface area contributed by atoms with E-state index in [-0.39, 0.29) is 10.9 Å². The Morgan fingerprint density at radius 1 is 1.39 bits per heavy atom. The second kappa shape index (κ2) is 7.63. The number of phenolic OH excluding ortho intramolecular Hbond substituents is 1. The molecule has 8 heteroatoms. The molecule has 1 amide bonds. The molecule has 128 valence electrons. The van der Waals surface area contributed by atoms with E-state index in [1.807, 2.05) is 0 Å². The van der Waals surface area contributed by atoms with Gasteiger partial charge in [0.15, 0.2) is 11.6 Å². The fourth-order valence-corrected chi connectivity index (χ4v) is 2.24. The summed E-state index contributed by atoms with van der Waals surface area (Å²) >= 11 is 3.01. The van der Waals surface area contributed by atoms with Crippen LogP contribution in [0.3, 0.4) is 0 Å². The number of aromatic hydroxyl groups is 1. The van der Waals surface area contributed by atoms with Crippen molar-refractivity contribution in [2.45, 2.75) is 38.8 Å². The first kappa shape index (κ1) is 19.2. The Morgan fingerprint density at radius 3 is 2.48 bits per heavy atom. The Balaban J connectivity index is 2.92. The van der Waals surface area contributed by atoms with Gasteiger partial charge in [-0.25, -0.2) is 14.0 Å². The summed E-state index contributed by atoms with van der Waals surface area (Å²) in [6.45, 7) is 5.06. The Morgan fingerprint density at radius 2 is 2.00 bits per heavy atom. The van der Waals surface area contributed by atoms with Crippen molar-refractivity contribution in [3.05, 3.63) is 28.0 Å². The maximum Gasteiger partial charge on any atom is 0.408 e. The number of ether oxygens (including phenoxy) is 2. The van der Waals surface area contributed by atoms with Gasteiger partial charge < -0.3 is 19.9 Å². The number of alkyl carbamates (subject to hydrolysis) is 1. The first-order valence-corrected chi connectivity index (χ1v) is 7.57. The molecule has 0 radical (unpaired) electrons. The number of carbonyl (C=O) groups excluding carboxylic acids is 2. The van der Waals surface area contributed by atoms with E-state index in [9.17, 15) is 19.1 Å². The van der Waals surface area contributed by atoms with Crippen molar-refractivity contribution in [1.29, 1.82) is 0 Å². The van der Waals surface area contributed by atoms with Gasteiger partial charge in [0.1, 0.15) is 11.6 Å². The third-order valence-electron chi connectivity index (χ3n) is 2.69. The highest BCUT2D eigenvalue weighted by Crippen LogP contribution is 2.28. The predicted octanol–water partition coefficient (Wildman–Crippen LogP) is 2.90. The molecule has 1 aromatic carbocycles. The average Bonchev–Trinajstić information content (AvgIpc) is 2.41. The van der Waals surface area contributed by atoms with Gasteiger partial charge in [-0.15, -0.1) is 0 Å². The fourth-order valence-electron chi connectivity index (χ4n) is 1.76. The molecule has 1 rings (SSSR count). The van der Waals surface area contributed by atoms with E-state index in [0.717, 1.165) is 6.07 Å². The largest absolute Gasteiger partial charge is 0.504 e. The van der Waals surface area contributed by atoms with Gasteiger partial charge in [0, 0.05) is 6.42 Å². The average molecular weight is 392 g/mol. The van der Waals surface area contributed by atoms with Crippen LogP contribution in [-0.4, -0.2) is 35.9 Å². The molecule has 1 atom stereocenters. The number of nitrogens with one attached hydrogen (secondary N) is 1. The molecule has 2 N–H and O–H groups in total. The minimum atomic E-state index is -1.05. The molecule has 0 saturated heterocycles. The minimum Gasteiger partial charge on any atom is -0.504 e. The van der Waals surface area contributed by atoms with Crippen molar-refractivity contribution in [2.24, 2.45) is 0 Å². The highest BCUT2D eigenvalue weighted by atomic mass is 79.9. The van der Waals surface area contributed by atoms with Crippen LogP contribution >= 0.6 is 15.9 Å². The maximum absolute atomic E-state index is 13.6. The lowest BCUT2D eigenvalue weighted by molar-refractivity contribution is -0.143. The van der Waals surface area contributed by atoms with Crippen molar-refractivity contribution in [3.63, 3.8) is 0 Å². The van der Waals surface area contributed by atoms with Gasteiger partial charge in [-0.1, -0.05) is 0 Å². The Hall–Kier alpha value is -1.83. The molecular formula is C15H19BrFNO5. The molecule has 6 nitrogen and oxygen atoms in total. The number of methoxy groups -OCH3 is 1. The summed E-state index contributed by atoms with van der Waals surface area (Å²) in [5.74, 6) is -2.06. The fraction of sp³-hybridized carbons (Fsp3) is 0.467. The number of hydrogen-bond donors (Lipinski definition) is 2. The zero-order valence-electron chi connectivity index (χ0n) is 13.3. The van der Waals surface area contributed by atoms with Gasteiger partial charge in [0.25, 0.3) is 0 Å². The molecule has 0 bridgehead atoms. The zero-order valence-corrected chi connectivity index (χ0v) is 14.9. The lowest BCUT2D eigenvalue weighted by Gasteiger charge is -2.22. The topological polar surface area (TPSA) is 84.9 Å². The minimum absolute atomic E-state index is 0.0261. The van der Waals surface area contributed by atoms with Gasteiger partial charge in [-0.2, -0.15) is 0 Å². The molecule has 0 saturated carbocycles. The number of phenols is 1. The van der Waals surface area contributed by atoms with Gasteiger partial charge >= 0.3 is 12.1 Å². The van der Waals surface area contributed by atoms with E-state index in [0.29, 0.717) is 5.56 Å². The standard InChI is InChI=1S/C15H19BrFNO5/c1-15(2,3)23-14(21)18-11(13(20)22-4)7-8-5-9(16)12(19)10(17)6-8/h5-6,11,19H,7H2,1-4H3,(H,18,21)/t11-/m0/s1. The van der Waals surface area contributed by atoms with Crippen molar-refractivity contribution >= 4 is 28.0 Å². The number of esters is 1. The van der Waals surface area contributed by atoms with Crippen molar-refractivity contribution in [3.8, 4) is 5.75 Å². The van der Waals surface area contributed by atoms with Crippen LogP contribution in [0.2, 0.25) is 0 Å². The quantitative estimate of drug-likeness (QED) is 0.770. The van der Waals surface area contributed by atoms with Crippen LogP contribution in [0.5, 0.6) is 5.75 Å². The number of halogens is 2. The van der Waals surface area contributed by atoms with Gasteiger partial charge in [-0.3, -0.25) is 0 Å². The van der Waals surface area contributed by atoms with E-state index in [1.165, 1.54) is 13.2 Å². The van der Waals surface area contributed by atoms with Crippen LogP contribution in [0.25, 0.3) is 0 Å². The molecule has 23 heavy (non-hydrogen) atoms. The molecule has 0 unspecified atom stereocenters. The Bertz CT molecular complexity index is 577. The van der Waals surface area contributed by atoms with Crippen LogP contribution in [0.1, 0.15) is 26.3 Å². The second-order valence-electron chi connectivity index (χ2n) is 5.83. The summed E-state index contributed by atoms with van der Waals surface area (Å²) < 4.78 is 23.4. The van der Waals surface area contributed by atoms with Crippen molar-refractivity contribution < 1.29 is 28.6 Å². The predicted molar refractivity (Wildman–Crippen MR) is 84.6 cm³/mol. The SMILES string of the molecule is COC(=O)[C@H](Cc1cc(F)c(O)c(Br)c1)NC(=O)OC(C)(C)C. The van der Waals surface area contributed by atoms with Crippen molar-refractivity contribution in [1.82, 2.24) is 5.32 Å². The summed E-state index contributed by atoms with van der Waals surface area (Å²) in [4.78, 5) is 23.6. The Labute approximate surface area is 142 Å². The van der Waals surface area contributed by atoms with E-state index >= 15 is 0 Å². The van der Waals surface area contributed by atoms with E-state index in [1.54, 1.807) is 20.8 Å². The molecular weight excluding hydrogens is 373 g/mol.